The molecule has 1 heterocycles. The van der Waals surface area contributed by atoms with Crippen LogP contribution in [0.25, 0.3) is 0 Å². The van der Waals surface area contributed by atoms with E-state index in [1.165, 1.54) is 0 Å². The molecular formula is C6H6ClNO4. The Kier molecular flexibility index (Phi) is 2.65. The lowest BCUT2D eigenvalue weighted by atomic mass is 10.2. The molecule has 0 spiro atoms. The van der Waals surface area contributed by atoms with Crippen LogP contribution in [-0.4, -0.2) is 29.8 Å². The van der Waals surface area contributed by atoms with Gasteiger partial charge in [0.15, 0.2) is 0 Å². The molecule has 1 N–H and O–H groups in total. The standard InChI is InChI=1S/C6H6ClNO4/c7-2-4(9)8-3-1-5(10)12-6(3)11/h3H,1-2H2,(H,8,9)/t3-/m0/s1. The van der Waals surface area contributed by atoms with E-state index in [0.29, 0.717) is 0 Å². The Labute approximate surface area is 73.0 Å². The van der Waals surface area contributed by atoms with Gasteiger partial charge in [0.05, 0.1) is 6.42 Å². The van der Waals surface area contributed by atoms with E-state index in [2.05, 4.69) is 10.1 Å². The quantitative estimate of drug-likeness (QED) is 0.352. The van der Waals surface area contributed by atoms with Crippen LogP contribution in [0, 0.1) is 0 Å². The molecular weight excluding hydrogens is 186 g/mol. The van der Waals surface area contributed by atoms with E-state index in [4.69, 9.17) is 11.6 Å². The molecule has 1 aliphatic rings. The van der Waals surface area contributed by atoms with E-state index in [-0.39, 0.29) is 12.3 Å². The van der Waals surface area contributed by atoms with Gasteiger partial charge in [-0.25, -0.2) is 4.79 Å². The fourth-order valence-corrected chi connectivity index (χ4v) is 0.895. The SMILES string of the molecule is O=C(CCl)N[C@H]1CC(=O)OC1=O. The number of rotatable bonds is 2. The summed E-state index contributed by atoms with van der Waals surface area (Å²) in [5.74, 6) is -2.08. The third-order valence-electron chi connectivity index (χ3n) is 1.33. The Balaban J connectivity index is 2.48. The first-order valence-electron chi connectivity index (χ1n) is 3.23. The van der Waals surface area contributed by atoms with Crippen LogP contribution >= 0.6 is 11.6 Å². The molecule has 0 aromatic carbocycles. The van der Waals surface area contributed by atoms with Crippen LogP contribution in [0.15, 0.2) is 0 Å². The number of amides is 1. The molecule has 1 atom stereocenters. The minimum Gasteiger partial charge on any atom is -0.392 e. The van der Waals surface area contributed by atoms with Crippen LogP contribution in [0.3, 0.4) is 0 Å². The fraction of sp³-hybridized carbons (Fsp3) is 0.500. The zero-order valence-electron chi connectivity index (χ0n) is 6.00. The maximum absolute atomic E-state index is 10.7. The van der Waals surface area contributed by atoms with Crippen molar-refractivity contribution in [2.45, 2.75) is 12.5 Å². The molecule has 0 bridgehead atoms. The number of ether oxygens (including phenoxy) is 1. The van der Waals surface area contributed by atoms with Gasteiger partial charge >= 0.3 is 11.9 Å². The van der Waals surface area contributed by atoms with E-state index in [1.54, 1.807) is 0 Å². The highest BCUT2D eigenvalue weighted by Gasteiger charge is 2.34. The summed E-state index contributed by atoms with van der Waals surface area (Å²) in [6, 6.07) is -0.858. The van der Waals surface area contributed by atoms with Crippen molar-refractivity contribution in [3.05, 3.63) is 0 Å². The number of alkyl halides is 1. The van der Waals surface area contributed by atoms with Crippen molar-refractivity contribution < 1.29 is 19.1 Å². The molecule has 0 aromatic heterocycles. The summed E-state index contributed by atoms with van der Waals surface area (Å²) in [6.07, 6.45) is -0.110. The number of hydrogen-bond acceptors (Lipinski definition) is 4. The van der Waals surface area contributed by atoms with Gasteiger partial charge < -0.3 is 10.1 Å². The first-order valence-corrected chi connectivity index (χ1v) is 3.77. The van der Waals surface area contributed by atoms with Crippen LogP contribution in [0.4, 0.5) is 0 Å². The average Bonchev–Trinajstić information content (AvgIpc) is 2.30. The third kappa shape index (κ3) is 1.94. The van der Waals surface area contributed by atoms with E-state index in [1.807, 2.05) is 0 Å². The van der Waals surface area contributed by atoms with Gasteiger partial charge in [0.25, 0.3) is 0 Å². The molecule has 0 saturated carbocycles. The lowest BCUT2D eigenvalue weighted by Gasteiger charge is -2.04. The Hall–Kier alpha value is -1.10. The van der Waals surface area contributed by atoms with Gasteiger partial charge in [0.1, 0.15) is 11.9 Å². The van der Waals surface area contributed by atoms with Crippen molar-refractivity contribution in [2.24, 2.45) is 0 Å². The van der Waals surface area contributed by atoms with Gasteiger partial charge in [-0.15, -0.1) is 11.6 Å². The topological polar surface area (TPSA) is 72.5 Å². The normalized spacial score (nSPS) is 22.2. The number of carbonyl (C=O) groups excluding carboxylic acids is 3. The summed E-state index contributed by atoms with van der Waals surface area (Å²) >= 11 is 5.17. The van der Waals surface area contributed by atoms with E-state index < -0.39 is 23.9 Å². The van der Waals surface area contributed by atoms with Gasteiger partial charge in [0, 0.05) is 0 Å². The second kappa shape index (κ2) is 3.53. The van der Waals surface area contributed by atoms with Gasteiger partial charge in [-0.1, -0.05) is 0 Å². The molecule has 1 saturated heterocycles. The van der Waals surface area contributed by atoms with Crippen molar-refractivity contribution in [3.63, 3.8) is 0 Å². The molecule has 0 aromatic rings. The summed E-state index contributed by atoms with van der Waals surface area (Å²) < 4.78 is 4.18. The van der Waals surface area contributed by atoms with Crippen molar-refractivity contribution in [1.29, 1.82) is 0 Å². The van der Waals surface area contributed by atoms with E-state index in [0.717, 1.165) is 0 Å². The Morgan fingerprint density at radius 3 is 2.75 bits per heavy atom. The van der Waals surface area contributed by atoms with Crippen molar-refractivity contribution in [3.8, 4) is 0 Å². The smallest absolute Gasteiger partial charge is 0.336 e. The predicted molar refractivity (Wildman–Crippen MR) is 38.4 cm³/mol. The maximum Gasteiger partial charge on any atom is 0.336 e. The predicted octanol–water partition coefficient (Wildman–Crippen LogP) is -0.817. The number of hydrogen-bond donors (Lipinski definition) is 1. The lowest BCUT2D eigenvalue weighted by Crippen LogP contribution is -2.38. The number of esters is 2. The van der Waals surface area contributed by atoms with E-state index in [9.17, 15) is 14.4 Å². The number of nitrogens with one attached hydrogen (secondary N) is 1. The fourth-order valence-electron chi connectivity index (χ4n) is 0.818. The zero-order valence-corrected chi connectivity index (χ0v) is 6.76. The zero-order chi connectivity index (χ0) is 9.14. The summed E-state index contributed by atoms with van der Waals surface area (Å²) in [6.45, 7) is 0. The van der Waals surface area contributed by atoms with Crippen LogP contribution in [-0.2, 0) is 19.1 Å². The molecule has 0 radical (unpaired) electrons. The highest BCUT2D eigenvalue weighted by atomic mass is 35.5. The summed E-state index contributed by atoms with van der Waals surface area (Å²) in [5, 5.41) is 2.24. The molecule has 5 nitrogen and oxygen atoms in total. The Morgan fingerprint density at radius 1 is 1.67 bits per heavy atom. The van der Waals surface area contributed by atoms with E-state index >= 15 is 0 Å². The molecule has 0 aliphatic carbocycles. The van der Waals surface area contributed by atoms with Crippen LogP contribution in [0.1, 0.15) is 6.42 Å². The minimum atomic E-state index is -0.858. The molecule has 1 fully saturated rings. The second-order valence-corrected chi connectivity index (χ2v) is 2.52. The van der Waals surface area contributed by atoms with Crippen LogP contribution in [0.2, 0.25) is 0 Å². The molecule has 1 amide bonds. The van der Waals surface area contributed by atoms with Crippen LogP contribution in [0.5, 0.6) is 0 Å². The molecule has 12 heavy (non-hydrogen) atoms. The first-order chi connectivity index (χ1) is 5.63. The highest BCUT2D eigenvalue weighted by Crippen LogP contribution is 2.07. The third-order valence-corrected chi connectivity index (χ3v) is 1.57. The molecule has 1 aliphatic heterocycles. The Bertz CT molecular complexity index is 240. The monoisotopic (exact) mass is 191 g/mol. The largest absolute Gasteiger partial charge is 0.392 e. The molecule has 1 rings (SSSR count). The average molecular weight is 192 g/mol. The van der Waals surface area contributed by atoms with Crippen molar-refractivity contribution in [1.82, 2.24) is 5.32 Å². The second-order valence-electron chi connectivity index (χ2n) is 2.25. The lowest BCUT2D eigenvalue weighted by molar-refractivity contribution is -0.153. The van der Waals surface area contributed by atoms with Crippen molar-refractivity contribution >= 4 is 29.4 Å². The summed E-state index contributed by atoms with van der Waals surface area (Å²) in [4.78, 5) is 31.9. The van der Waals surface area contributed by atoms with Gasteiger partial charge in [-0.05, 0) is 0 Å². The highest BCUT2D eigenvalue weighted by molar-refractivity contribution is 6.27. The van der Waals surface area contributed by atoms with Gasteiger partial charge in [-0.3, -0.25) is 9.59 Å². The number of carbonyl (C=O) groups is 3. The molecule has 6 heteroatoms. The molecule has 66 valence electrons. The summed E-state index contributed by atoms with van der Waals surface area (Å²) in [7, 11) is 0. The first kappa shape index (κ1) is 8.99. The minimum absolute atomic E-state index is 0.110. The molecule has 0 unspecified atom stereocenters. The maximum atomic E-state index is 10.7. The van der Waals surface area contributed by atoms with Crippen LogP contribution < -0.4 is 5.32 Å². The Morgan fingerprint density at radius 2 is 2.33 bits per heavy atom. The summed E-state index contributed by atoms with van der Waals surface area (Å²) in [5.41, 5.74) is 0. The van der Waals surface area contributed by atoms with Crippen molar-refractivity contribution in [2.75, 3.05) is 5.88 Å². The van der Waals surface area contributed by atoms with Gasteiger partial charge in [-0.2, -0.15) is 0 Å². The number of halogens is 1. The van der Waals surface area contributed by atoms with Gasteiger partial charge in [0.2, 0.25) is 5.91 Å². The number of cyclic esters (lactones) is 2.